The largest absolute Gasteiger partial charge is 0.369 e. The van der Waals surface area contributed by atoms with Crippen LogP contribution in [0.2, 0.25) is 0 Å². The highest BCUT2D eigenvalue weighted by Crippen LogP contribution is 2.34. The fourth-order valence-corrected chi connectivity index (χ4v) is 5.58. The first-order valence-electron chi connectivity index (χ1n) is 11.8. The number of thioether (sulfide) groups is 1. The van der Waals surface area contributed by atoms with Crippen LogP contribution in [0, 0.1) is 12.8 Å². The summed E-state index contributed by atoms with van der Waals surface area (Å²) < 4.78 is 2.02. The topological polar surface area (TPSA) is 110 Å². The number of hydrogen-bond acceptors (Lipinski definition) is 5. The average Bonchev–Trinajstić information content (AvgIpc) is 3.47. The van der Waals surface area contributed by atoms with Crippen molar-refractivity contribution < 1.29 is 9.59 Å². The molecular formula is C26H28N6O2S. The van der Waals surface area contributed by atoms with Crippen LogP contribution in [-0.2, 0) is 9.59 Å². The van der Waals surface area contributed by atoms with Crippen molar-refractivity contribution >= 4 is 34.5 Å². The van der Waals surface area contributed by atoms with E-state index in [1.807, 2.05) is 65.9 Å². The van der Waals surface area contributed by atoms with Crippen molar-refractivity contribution in [2.45, 2.75) is 37.1 Å². The summed E-state index contributed by atoms with van der Waals surface area (Å²) in [6.07, 6.45) is 3.18. The molecule has 2 amide bonds. The molecule has 5 rings (SSSR count). The molecule has 4 aromatic rings. The van der Waals surface area contributed by atoms with Crippen molar-refractivity contribution in [3.63, 3.8) is 0 Å². The molecule has 1 aliphatic rings. The van der Waals surface area contributed by atoms with E-state index in [1.165, 1.54) is 11.8 Å². The van der Waals surface area contributed by atoms with E-state index in [-0.39, 0.29) is 23.0 Å². The minimum atomic E-state index is -0.358. The molecule has 0 bridgehead atoms. The second-order valence-corrected chi connectivity index (χ2v) is 10.3. The number of hydrogen-bond donors (Lipinski definition) is 2. The summed E-state index contributed by atoms with van der Waals surface area (Å²) in [5.41, 5.74) is 9.49. The van der Waals surface area contributed by atoms with Crippen molar-refractivity contribution in [3.8, 4) is 17.1 Å². The molecule has 180 valence electrons. The zero-order valence-electron chi connectivity index (χ0n) is 19.8. The Morgan fingerprint density at radius 3 is 2.63 bits per heavy atom. The molecule has 9 heteroatoms. The molecule has 2 aromatic heterocycles. The predicted octanol–water partition coefficient (Wildman–Crippen LogP) is 3.93. The van der Waals surface area contributed by atoms with E-state index in [0.717, 1.165) is 33.5 Å². The van der Waals surface area contributed by atoms with Gasteiger partial charge in [0.05, 0.1) is 5.25 Å². The summed E-state index contributed by atoms with van der Waals surface area (Å²) in [7, 11) is 0. The number of nitrogens with one attached hydrogen (secondary N) is 1. The molecule has 0 aliphatic carbocycles. The molecule has 0 radical (unpaired) electrons. The Bertz CT molecular complexity index is 1390. The van der Waals surface area contributed by atoms with E-state index in [4.69, 9.17) is 5.73 Å². The number of para-hydroxylation sites is 1. The molecule has 1 fully saturated rings. The van der Waals surface area contributed by atoms with Crippen molar-refractivity contribution in [1.82, 2.24) is 24.6 Å². The smallest absolute Gasteiger partial charge is 0.235 e. The second kappa shape index (κ2) is 9.58. The zero-order chi connectivity index (χ0) is 24.5. The van der Waals surface area contributed by atoms with E-state index in [2.05, 4.69) is 27.3 Å². The zero-order valence-corrected chi connectivity index (χ0v) is 20.6. The lowest BCUT2D eigenvalue weighted by molar-refractivity contribution is -0.134. The van der Waals surface area contributed by atoms with Gasteiger partial charge >= 0.3 is 0 Å². The summed E-state index contributed by atoms with van der Waals surface area (Å²) in [5.74, 6) is 0.323. The lowest BCUT2D eigenvalue weighted by Crippen LogP contribution is -2.44. The SMILES string of the molecule is Cc1cccc(-n2c(SC(C)C(=O)N3CCC(C(N)=O)CC3)nnc2-c2c[nH]c3ccccc23)c1. The molecule has 0 saturated carbocycles. The van der Waals surface area contributed by atoms with Gasteiger partial charge in [-0.1, -0.05) is 42.1 Å². The van der Waals surface area contributed by atoms with Gasteiger partial charge in [-0.25, -0.2) is 0 Å². The maximum atomic E-state index is 13.2. The number of nitrogens with two attached hydrogens (primary N) is 1. The summed E-state index contributed by atoms with van der Waals surface area (Å²) in [5, 5.41) is 10.4. The van der Waals surface area contributed by atoms with Crippen molar-refractivity contribution in [3.05, 3.63) is 60.3 Å². The molecule has 1 unspecified atom stereocenters. The summed E-state index contributed by atoms with van der Waals surface area (Å²) in [4.78, 5) is 29.8. The van der Waals surface area contributed by atoms with Gasteiger partial charge in [-0.2, -0.15) is 0 Å². The Kier molecular flexibility index (Phi) is 6.34. The molecule has 3 heterocycles. The van der Waals surface area contributed by atoms with Gasteiger partial charge in [0.1, 0.15) is 0 Å². The van der Waals surface area contributed by atoms with Gasteiger partial charge in [-0.3, -0.25) is 14.2 Å². The van der Waals surface area contributed by atoms with Crippen molar-refractivity contribution in [2.75, 3.05) is 13.1 Å². The number of fused-ring (bicyclic) bond motifs is 1. The number of primary amides is 1. The summed E-state index contributed by atoms with van der Waals surface area (Å²) in [6, 6.07) is 16.3. The van der Waals surface area contributed by atoms with E-state index in [1.54, 1.807) is 0 Å². The first-order valence-corrected chi connectivity index (χ1v) is 12.6. The number of H-pyrrole nitrogens is 1. The van der Waals surface area contributed by atoms with Crippen LogP contribution in [0.1, 0.15) is 25.3 Å². The van der Waals surface area contributed by atoms with Crippen LogP contribution in [0.3, 0.4) is 0 Å². The standard InChI is InChI=1S/C26H28N6O2S/c1-16-6-5-7-19(14-16)32-24(21-15-28-22-9-4-3-8-20(21)22)29-30-26(32)35-17(2)25(34)31-12-10-18(11-13-31)23(27)33/h3-9,14-15,17-18,28H,10-13H2,1-2H3,(H2,27,33). The Balaban J connectivity index is 1.46. The molecule has 8 nitrogen and oxygen atoms in total. The average molecular weight is 489 g/mol. The third-order valence-corrected chi connectivity index (χ3v) is 7.59. The number of benzene rings is 2. The second-order valence-electron chi connectivity index (χ2n) is 8.99. The third-order valence-electron chi connectivity index (χ3n) is 6.56. The van der Waals surface area contributed by atoms with Crippen LogP contribution in [0.4, 0.5) is 0 Å². The van der Waals surface area contributed by atoms with Crippen LogP contribution >= 0.6 is 11.8 Å². The number of nitrogens with zero attached hydrogens (tertiary/aromatic N) is 4. The first-order chi connectivity index (χ1) is 16.9. The van der Waals surface area contributed by atoms with E-state index in [9.17, 15) is 9.59 Å². The number of likely N-dealkylation sites (tertiary alicyclic amines) is 1. The fourth-order valence-electron chi connectivity index (χ4n) is 4.63. The maximum absolute atomic E-state index is 13.2. The minimum Gasteiger partial charge on any atom is -0.369 e. The van der Waals surface area contributed by atoms with Gasteiger partial charge in [-0.05, 0) is 50.5 Å². The van der Waals surface area contributed by atoms with Gasteiger partial charge in [0, 0.05) is 47.4 Å². The quantitative estimate of drug-likeness (QED) is 0.400. The predicted molar refractivity (Wildman–Crippen MR) is 137 cm³/mol. The highest BCUT2D eigenvalue weighted by atomic mass is 32.2. The van der Waals surface area contributed by atoms with Crippen LogP contribution in [0.25, 0.3) is 28.0 Å². The highest BCUT2D eigenvalue weighted by Gasteiger charge is 2.30. The number of piperidine rings is 1. The van der Waals surface area contributed by atoms with Gasteiger partial charge in [0.25, 0.3) is 0 Å². The van der Waals surface area contributed by atoms with E-state index in [0.29, 0.717) is 31.1 Å². The van der Waals surface area contributed by atoms with Crippen LogP contribution < -0.4 is 5.73 Å². The Morgan fingerprint density at radius 2 is 1.89 bits per heavy atom. The third kappa shape index (κ3) is 4.55. The van der Waals surface area contributed by atoms with Gasteiger partial charge in [0.15, 0.2) is 11.0 Å². The minimum absolute atomic E-state index is 0.0327. The molecule has 2 aromatic carbocycles. The number of aromatic amines is 1. The molecular weight excluding hydrogens is 460 g/mol. The van der Waals surface area contributed by atoms with Crippen molar-refractivity contribution in [1.29, 1.82) is 0 Å². The van der Waals surface area contributed by atoms with Crippen LogP contribution in [0.5, 0.6) is 0 Å². The van der Waals surface area contributed by atoms with Crippen LogP contribution in [0.15, 0.2) is 59.9 Å². The summed E-state index contributed by atoms with van der Waals surface area (Å²) >= 11 is 1.40. The normalized spacial score (nSPS) is 15.4. The van der Waals surface area contributed by atoms with Gasteiger partial charge < -0.3 is 15.6 Å². The van der Waals surface area contributed by atoms with Crippen LogP contribution in [-0.4, -0.2) is 54.8 Å². The molecule has 1 atom stereocenters. The fraction of sp³-hybridized carbons (Fsp3) is 0.308. The number of carbonyl (C=O) groups excluding carboxylic acids is 2. The Labute approximate surface area is 207 Å². The molecule has 3 N–H and O–H groups in total. The highest BCUT2D eigenvalue weighted by molar-refractivity contribution is 8.00. The van der Waals surface area contributed by atoms with Gasteiger partial charge in [0.2, 0.25) is 11.8 Å². The van der Waals surface area contributed by atoms with Crippen molar-refractivity contribution in [2.24, 2.45) is 11.7 Å². The van der Waals surface area contributed by atoms with Gasteiger partial charge in [-0.15, -0.1) is 10.2 Å². The van der Waals surface area contributed by atoms with E-state index < -0.39 is 0 Å². The number of aromatic nitrogens is 4. The number of aryl methyl sites for hydroxylation is 1. The first kappa shape index (κ1) is 23.2. The number of carbonyl (C=O) groups is 2. The Hall–Kier alpha value is -3.59. The molecule has 1 aliphatic heterocycles. The molecule has 1 saturated heterocycles. The molecule has 0 spiro atoms. The Morgan fingerprint density at radius 1 is 1.11 bits per heavy atom. The maximum Gasteiger partial charge on any atom is 0.235 e. The lowest BCUT2D eigenvalue weighted by atomic mass is 9.96. The van der Waals surface area contributed by atoms with E-state index >= 15 is 0 Å². The lowest BCUT2D eigenvalue weighted by Gasteiger charge is -2.32. The monoisotopic (exact) mass is 488 g/mol. The summed E-state index contributed by atoms with van der Waals surface area (Å²) in [6.45, 7) is 5.03. The number of amides is 2. The number of rotatable bonds is 6. The molecule has 35 heavy (non-hydrogen) atoms.